The molecular weight excluding hydrogens is 432 g/mol. The van der Waals surface area contributed by atoms with E-state index < -0.39 is 5.97 Å². The Kier molecular flexibility index (Phi) is 21.8. The average Bonchev–Trinajstić information content (AvgIpc) is 2.86. The highest BCUT2D eigenvalue weighted by Gasteiger charge is 2.09. The van der Waals surface area contributed by atoms with Gasteiger partial charge in [0, 0.05) is 0 Å². The van der Waals surface area contributed by atoms with Gasteiger partial charge < -0.3 is 9.84 Å². The highest BCUT2D eigenvalue weighted by molar-refractivity contribution is 5.90. The summed E-state index contributed by atoms with van der Waals surface area (Å²) in [5, 5.41) is 9.17. The zero-order chi connectivity index (χ0) is 25.2. The van der Waals surface area contributed by atoms with Crippen molar-refractivity contribution in [2.45, 2.75) is 155 Å². The Morgan fingerprint density at radius 2 is 0.914 bits per heavy atom. The minimum absolute atomic E-state index is 0.251. The molecule has 0 saturated carbocycles. The number of hydrogen-bond donors (Lipinski definition) is 1. The molecule has 0 aliphatic rings. The van der Waals surface area contributed by atoms with E-state index in [0.717, 1.165) is 12.8 Å². The van der Waals surface area contributed by atoms with Gasteiger partial charge >= 0.3 is 5.97 Å². The second kappa shape index (κ2) is 24.2. The summed E-state index contributed by atoms with van der Waals surface area (Å²) >= 11 is 0. The van der Waals surface area contributed by atoms with Crippen LogP contribution in [0.5, 0.6) is 5.75 Å². The van der Waals surface area contributed by atoms with Crippen molar-refractivity contribution in [3.8, 4) is 5.75 Å². The molecule has 1 N–H and O–H groups in total. The molecule has 0 heterocycles. The van der Waals surface area contributed by atoms with Gasteiger partial charge in [0.15, 0.2) is 0 Å². The second-order valence-corrected chi connectivity index (χ2v) is 10.4. The lowest BCUT2D eigenvalue weighted by molar-refractivity contribution is 0.0692. The van der Waals surface area contributed by atoms with E-state index in [-0.39, 0.29) is 5.56 Å². The van der Waals surface area contributed by atoms with Crippen LogP contribution in [0.25, 0.3) is 0 Å². The molecule has 0 radical (unpaired) electrons. The van der Waals surface area contributed by atoms with Gasteiger partial charge in [-0.3, -0.25) is 0 Å². The number of aromatic carboxylic acids is 1. The highest BCUT2D eigenvalue weighted by Crippen LogP contribution is 2.19. The van der Waals surface area contributed by atoms with Crippen LogP contribution in [-0.4, -0.2) is 17.7 Å². The van der Waals surface area contributed by atoms with Crippen LogP contribution in [0.4, 0.5) is 0 Å². The number of unbranched alkanes of at least 4 members (excludes halogenated alkanes) is 22. The first kappa shape index (κ1) is 31.5. The topological polar surface area (TPSA) is 46.5 Å². The molecule has 3 heteroatoms. The summed E-state index contributed by atoms with van der Waals surface area (Å²) in [7, 11) is 0. The van der Waals surface area contributed by atoms with Crippen molar-refractivity contribution in [3.63, 3.8) is 0 Å². The molecule has 0 unspecified atom stereocenters. The zero-order valence-electron chi connectivity index (χ0n) is 23.0. The maximum absolute atomic E-state index is 11.2. The molecule has 3 nitrogen and oxygen atoms in total. The molecule has 0 bridgehead atoms. The van der Waals surface area contributed by atoms with Gasteiger partial charge in [0.2, 0.25) is 0 Å². The van der Waals surface area contributed by atoms with Crippen LogP contribution < -0.4 is 4.74 Å². The van der Waals surface area contributed by atoms with Gasteiger partial charge in [-0.05, 0) is 18.6 Å². The van der Waals surface area contributed by atoms with Crippen LogP contribution in [-0.2, 0) is 0 Å². The Hall–Kier alpha value is -1.51. The van der Waals surface area contributed by atoms with E-state index in [1.54, 1.807) is 18.2 Å². The lowest BCUT2D eigenvalue weighted by Gasteiger charge is -2.08. The van der Waals surface area contributed by atoms with Crippen LogP contribution in [0.2, 0.25) is 0 Å². The number of rotatable bonds is 26. The Balaban J connectivity index is 1.73. The Morgan fingerprint density at radius 1 is 0.571 bits per heavy atom. The average molecular weight is 489 g/mol. The molecular formula is C32H56O3. The van der Waals surface area contributed by atoms with Crippen LogP contribution in [0.1, 0.15) is 165 Å². The van der Waals surface area contributed by atoms with Crippen molar-refractivity contribution in [3.05, 3.63) is 29.8 Å². The van der Waals surface area contributed by atoms with Crippen LogP contribution in [0.3, 0.4) is 0 Å². The smallest absolute Gasteiger partial charge is 0.339 e. The monoisotopic (exact) mass is 488 g/mol. The third-order valence-corrected chi connectivity index (χ3v) is 7.12. The van der Waals surface area contributed by atoms with E-state index in [9.17, 15) is 9.90 Å². The number of carbonyl (C=O) groups is 1. The number of benzene rings is 1. The zero-order valence-corrected chi connectivity index (χ0v) is 23.0. The quantitative estimate of drug-likeness (QED) is 0.132. The lowest BCUT2D eigenvalue weighted by Crippen LogP contribution is -2.04. The summed E-state index contributed by atoms with van der Waals surface area (Å²) < 4.78 is 5.66. The first-order valence-electron chi connectivity index (χ1n) is 15.2. The lowest BCUT2D eigenvalue weighted by atomic mass is 10.0. The molecule has 1 rings (SSSR count). The third kappa shape index (κ3) is 19.4. The predicted molar refractivity (Wildman–Crippen MR) is 151 cm³/mol. The Labute approximate surface area is 217 Å². The maximum atomic E-state index is 11.2. The number of para-hydroxylation sites is 1. The molecule has 35 heavy (non-hydrogen) atoms. The molecule has 202 valence electrons. The van der Waals surface area contributed by atoms with E-state index in [1.165, 1.54) is 135 Å². The largest absolute Gasteiger partial charge is 0.493 e. The Bertz CT molecular complexity index is 598. The number of carboxylic acids is 1. The molecule has 0 fully saturated rings. The highest BCUT2D eigenvalue weighted by atomic mass is 16.5. The summed E-state index contributed by atoms with van der Waals surface area (Å²) in [6, 6.07) is 6.89. The second-order valence-electron chi connectivity index (χ2n) is 10.4. The predicted octanol–water partition coefficient (Wildman–Crippen LogP) is 10.8. The fourth-order valence-corrected chi connectivity index (χ4v) is 4.84. The molecule has 1 aromatic carbocycles. The van der Waals surface area contributed by atoms with E-state index in [1.807, 2.05) is 6.07 Å². The van der Waals surface area contributed by atoms with Crippen molar-refractivity contribution in [1.29, 1.82) is 0 Å². The van der Waals surface area contributed by atoms with Crippen LogP contribution >= 0.6 is 0 Å². The van der Waals surface area contributed by atoms with E-state index >= 15 is 0 Å². The summed E-state index contributed by atoms with van der Waals surface area (Å²) in [4.78, 5) is 11.2. The molecule has 0 saturated heterocycles. The van der Waals surface area contributed by atoms with Crippen molar-refractivity contribution in [2.24, 2.45) is 0 Å². The first-order valence-corrected chi connectivity index (χ1v) is 15.2. The van der Waals surface area contributed by atoms with E-state index in [0.29, 0.717) is 12.4 Å². The summed E-state index contributed by atoms with van der Waals surface area (Å²) in [6.07, 6.45) is 31.9. The van der Waals surface area contributed by atoms with Crippen molar-refractivity contribution in [1.82, 2.24) is 0 Å². The minimum Gasteiger partial charge on any atom is -0.493 e. The van der Waals surface area contributed by atoms with Crippen molar-refractivity contribution in [2.75, 3.05) is 6.61 Å². The molecule has 0 aromatic heterocycles. The van der Waals surface area contributed by atoms with Gasteiger partial charge in [0.1, 0.15) is 11.3 Å². The molecule has 0 atom stereocenters. The van der Waals surface area contributed by atoms with Gasteiger partial charge in [-0.25, -0.2) is 4.79 Å². The summed E-state index contributed by atoms with van der Waals surface area (Å²) in [6.45, 7) is 2.89. The fraction of sp³-hybridized carbons (Fsp3) is 0.781. The molecule has 1 aromatic rings. The van der Waals surface area contributed by atoms with Gasteiger partial charge in [0.25, 0.3) is 0 Å². The number of ether oxygens (including phenoxy) is 1. The Morgan fingerprint density at radius 3 is 1.29 bits per heavy atom. The number of hydrogen-bond acceptors (Lipinski definition) is 2. The van der Waals surface area contributed by atoms with Gasteiger partial charge in [-0.2, -0.15) is 0 Å². The standard InChI is InChI=1S/C32H56O3/c1-2-3-4-5-6-7-8-9-10-11-12-13-14-15-16-17-18-19-20-21-22-23-26-29-35-31-28-25-24-27-30(31)32(33)34/h24-25,27-28H,2-23,26,29H2,1H3,(H,33,34). The van der Waals surface area contributed by atoms with Crippen LogP contribution in [0, 0.1) is 0 Å². The maximum Gasteiger partial charge on any atom is 0.339 e. The van der Waals surface area contributed by atoms with Gasteiger partial charge in [0.05, 0.1) is 6.61 Å². The first-order chi connectivity index (χ1) is 17.3. The number of carboxylic acid groups (broad SMARTS) is 1. The van der Waals surface area contributed by atoms with Crippen molar-refractivity contribution >= 4 is 5.97 Å². The van der Waals surface area contributed by atoms with E-state index in [2.05, 4.69) is 6.92 Å². The normalized spacial score (nSPS) is 11.1. The molecule has 0 spiro atoms. The van der Waals surface area contributed by atoms with Crippen LogP contribution in [0.15, 0.2) is 24.3 Å². The minimum atomic E-state index is -0.926. The van der Waals surface area contributed by atoms with Gasteiger partial charge in [-0.15, -0.1) is 0 Å². The summed E-state index contributed by atoms with van der Waals surface area (Å²) in [5.74, 6) is -0.441. The van der Waals surface area contributed by atoms with E-state index in [4.69, 9.17) is 4.74 Å². The molecule has 0 aliphatic heterocycles. The third-order valence-electron chi connectivity index (χ3n) is 7.12. The molecule has 0 aliphatic carbocycles. The van der Waals surface area contributed by atoms with Crippen molar-refractivity contribution < 1.29 is 14.6 Å². The fourth-order valence-electron chi connectivity index (χ4n) is 4.84. The SMILES string of the molecule is CCCCCCCCCCCCCCCCCCCCCCCCCOc1ccccc1C(=O)O. The summed E-state index contributed by atoms with van der Waals surface area (Å²) in [5.41, 5.74) is 0.251. The molecule has 0 amide bonds. The van der Waals surface area contributed by atoms with Gasteiger partial charge in [-0.1, -0.05) is 160 Å².